The number of carbonyl (C=O) groups excluding carboxylic acids is 3. The molecule has 0 aliphatic carbocycles. The van der Waals surface area contributed by atoms with Crippen molar-refractivity contribution in [2.75, 3.05) is 32.1 Å². The lowest BCUT2D eigenvalue weighted by Gasteiger charge is -2.19. The van der Waals surface area contributed by atoms with Gasteiger partial charge in [-0.05, 0) is 63.1 Å². The number of anilines is 1. The second-order valence-electron chi connectivity index (χ2n) is 7.21. The van der Waals surface area contributed by atoms with Gasteiger partial charge in [-0.3, -0.25) is 14.4 Å². The van der Waals surface area contributed by atoms with Crippen molar-refractivity contribution in [3.05, 3.63) is 58.7 Å². The van der Waals surface area contributed by atoms with E-state index in [-0.39, 0.29) is 30.8 Å². The minimum Gasteiger partial charge on any atom is -0.494 e. The number of rotatable bonds is 8. The standard InChI is InChI=1S/C23H29N3O4/c1-6-30-19-9-7-18(8-10-19)23(29)24-13-21(28)26(5)14-20(27)25-22-16(3)11-15(2)12-17(22)4/h7-12H,6,13-14H2,1-5H3,(H,24,29)(H,25,27). The van der Waals surface area contributed by atoms with E-state index in [1.54, 1.807) is 24.3 Å². The first-order valence-corrected chi connectivity index (χ1v) is 9.84. The summed E-state index contributed by atoms with van der Waals surface area (Å²) in [4.78, 5) is 38.1. The monoisotopic (exact) mass is 411 g/mol. The number of carbonyl (C=O) groups is 3. The summed E-state index contributed by atoms with van der Waals surface area (Å²) < 4.78 is 5.34. The van der Waals surface area contributed by atoms with Gasteiger partial charge >= 0.3 is 0 Å². The highest BCUT2D eigenvalue weighted by Crippen LogP contribution is 2.21. The van der Waals surface area contributed by atoms with E-state index in [9.17, 15) is 14.4 Å². The van der Waals surface area contributed by atoms with E-state index in [2.05, 4.69) is 10.6 Å². The van der Waals surface area contributed by atoms with E-state index in [0.717, 1.165) is 22.4 Å². The maximum absolute atomic E-state index is 12.4. The van der Waals surface area contributed by atoms with Crippen LogP contribution >= 0.6 is 0 Å². The summed E-state index contributed by atoms with van der Waals surface area (Å²) in [7, 11) is 1.53. The van der Waals surface area contributed by atoms with Crippen LogP contribution in [0.15, 0.2) is 36.4 Å². The summed E-state index contributed by atoms with van der Waals surface area (Å²) in [6.45, 7) is 7.99. The van der Waals surface area contributed by atoms with Gasteiger partial charge in [0.2, 0.25) is 11.8 Å². The summed E-state index contributed by atoms with van der Waals surface area (Å²) in [6.07, 6.45) is 0. The fourth-order valence-corrected chi connectivity index (χ4v) is 3.12. The summed E-state index contributed by atoms with van der Waals surface area (Å²) in [6, 6.07) is 10.7. The Hall–Kier alpha value is -3.35. The molecule has 2 aromatic carbocycles. The van der Waals surface area contributed by atoms with Crippen LogP contribution in [0.2, 0.25) is 0 Å². The molecule has 2 rings (SSSR count). The Labute approximate surface area is 177 Å². The van der Waals surface area contributed by atoms with Gasteiger partial charge in [-0.2, -0.15) is 0 Å². The zero-order valence-corrected chi connectivity index (χ0v) is 18.2. The second-order valence-corrected chi connectivity index (χ2v) is 7.21. The topological polar surface area (TPSA) is 87.7 Å². The SMILES string of the molecule is CCOc1ccc(C(=O)NCC(=O)N(C)CC(=O)Nc2c(C)cc(C)cc2C)cc1. The quantitative estimate of drug-likeness (QED) is 0.699. The van der Waals surface area contributed by atoms with Crippen molar-refractivity contribution in [3.63, 3.8) is 0 Å². The van der Waals surface area contributed by atoms with Crippen LogP contribution in [0.5, 0.6) is 5.75 Å². The van der Waals surface area contributed by atoms with Crippen molar-refractivity contribution < 1.29 is 19.1 Å². The number of nitrogens with one attached hydrogen (secondary N) is 2. The van der Waals surface area contributed by atoms with Gasteiger partial charge in [0.15, 0.2) is 0 Å². The summed E-state index contributed by atoms with van der Waals surface area (Å²) in [5.41, 5.74) is 4.25. The summed E-state index contributed by atoms with van der Waals surface area (Å²) in [5.74, 6) is -0.342. The number of nitrogens with zero attached hydrogens (tertiary/aromatic N) is 1. The van der Waals surface area contributed by atoms with Gasteiger partial charge in [-0.25, -0.2) is 0 Å². The van der Waals surface area contributed by atoms with Crippen LogP contribution in [-0.2, 0) is 9.59 Å². The average molecular weight is 412 g/mol. The number of aryl methyl sites for hydroxylation is 3. The Kier molecular flexibility index (Phi) is 7.98. The first-order chi connectivity index (χ1) is 14.2. The van der Waals surface area contributed by atoms with Crippen molar-refractivity contribution in [1.82, 2.24) is 10.2 Å². The molecule has 0 spiro atoms. The number of benzene rings is 2. The molecule has 0 heterocycles. The molecular formula is C23H29N3O4. The first kappa shape index (κ1) is 22.9. The van der Waals surface area contributed by atoms with Crippen molar-refractivity contribution in [2.24, 2.45) is 0 Å². The molecule has 7 heteroatoms. The molecule has 7 nitrogen and oxygen atoms in total. The van der Waals surface area contributed by atoms with E-state index in [1.807, 2.05) is 39.8 Å². The van der Waals surface area contributed by atoms with Gasteiger partial charge in [0.05, 0.1) is 19.7 Å². The average Bonchev–Trinajstić information content (AvgIpc) is 2.69. The predicted molar refractivity (Wildman–Crippen MR) is 117 cm³/mol. The Morgan fingerprint density at radius 3 is 2.17 bits per heavy atom. The van der Waals surface area contributed by atoms with Gasteiger partial charge in [0.25, 0.3) is 5.91 Å². The Morgan fingerprint density at radius 2 is 1.60 bits per heavy atom. The second kappa shape index (κ2) is 10.4. The zero-order chi connectivity index (χ0) is 22.3. The Morgan fingerprint density at radius 1 is 1.00 bits per heavy atom. The Bertz CT molecular complexity index is 900. The molecule has 0 radical (unpaired) electrons. The molecule has 0 fully saturated rings. The largest absolute Gasteiger partial charge is 0.494 e. The van der Waals surface area contributed by atoms with E-state index >= 15 is 0 Å². The molecule has 2 aromatic rings. The lowest BCUT2D eigenvalue weighted by Crippen LogP contribution is -2.41. The molecule has 0 atom stereocenters. The molecule has 0 saturated carbocycles. The summed E-state index contributed by atoms with van der Waals surface area (Å²) in [5, 5.41) is 5.44. The highest BCUT2D eigenvalue weighted by molar-refractivity contribution is 5.98. The van der Waals surface area contributed by atoms with Gasteiger partial charge in [0.1, 0.15) is 5.75 Å². The Balaban J connectivity index is 1.85. The molecule has 0 aliphatic rings. The number of amides is 3. The molecule has 3 amide bonds. The van der Waals surface area contributed by atoms with E-state index in [0.29, 0.717) is 17.9 Å². The van der Waals surface area contributed by atoms with Crippen LogP contribution in [-0.4, -0.2) is 49.4 Å². The van der Waals surface area contributed by atoms with Crippen LogP contribution in [0.25, 0.3) is 0 Å². The smallest absolute Gasteiger partial charge is 0.251 e. The van der Waals surface area contributed by atoms with Crippen molar-refractivity contribution >= 4 is 23.4 Å². The maximum Gasteiger partial charge on any atom is 0.251 e. The molecular weight excluding hydrogens is 382 g/mol. The van der Waals surface area contributed by atoms with Gasteiger partial charge in [0, 0.05) is 18.3 Å². The molecule has 0 saturated heterocycles. The van der Waals surface area contributed by atoms with Crippen LogP contribution in [0.1, 0.15) is 34.0 Å². The van der Waals surface area contributed by atoms with Crippen molar-refractivity contribution in [3.8, 4) is 5.75 Å². The predicted octanol–water partition coefficient (Wildman–Crippen LogP) is 2.84. The molecule has 0 aromatic heterocycles. The van der Waals surface area contributed by atoms with Crippen LogP contribution in [0.4, 0.5) is 5.69 Å². The maximum atomic E-state index is 12.4. The first-order valence-electron chi connectivity index (χ1n) is 9.84. The minimum absolute atomic E-state index is 0.107. The fraction of sp³-hybridized carbons (Fsp3) is 0.348. The molecule has 30 heavy (non-hydrogen) atoms. The molecule has 0 bridgehead atoms. The van der Waals surface area contributed by atoms with Gasteiger partial charge < -0.3 is 20.3 Å². The number of likely N-dealkylation sites (N-methyl/N-ethyl adjacent to an activating group) is 1. The molecule has 0 aliphatic heterocycles. The normalized spacial score (nSPS) is 10.3. The highest BCUT2D eigenvalue weighted by atomic mass is 16.5. The van der Waals surface area contributed by atoms with Crippen LogP contribution in [0, 0.1) is 20.8 Å². The fourth-order valence-electron chi connectivity index (χ4n) is 3.12. The number of ether oxygens (including phenoxy) is 1. The summed E-state index contributed by atoms with van der Waals surface area (Å²) >= 11 is 0. The third-order valence-electron chi connectivity index (χ3n) is 4.58. The lowest BCUT2D eigenvalue weighted by atomic mass is 10.1. The number of hydrogen-bond donors (Lipinski definition) is 2. The van der Waals surface area contributed by atoms with Crippen LogP contribution in [0.3, 0.4) is 0 Å². The van der Waals surface area contributed by atoms with Crippen molar-refractivity contribution in [1.29, 1.82) is 0 Å². The third-order valence-corrected chi connectivity index (χ3v) is 4.58. The lowest BCUT2D eigenvalue weighted by molar-refractivity contribution is -0.132. The van der Waals surface area contributed by atoms with Crippen LogP contribution < -0.4 is 15.4 Å². The zero-order valence-electron chi connectivity index (χ0n) is 18.2. The highest BCUT2D eigenvalue weighted by Gasteiger charge is 2.16. The van der Waals surface area contributed by atoms with Gasteiger partial charge in [-0.15, -0.1) is 0 Å². The van der Waals surface area contributed by atoms with Gasteiger partial charge in [-0.1, -0.05) is 17.7 Å². The van der Waals surface area contributed by atoms with Crippen molar-refractivity contribution in [2.45, 2.75) is 27.7 Å². The van der Waals surface area contributed by atoms with E-state index in [4.69, 9.17) is 4.74 Å². The van der Waals surface area contributed by atoms with E-state index < -0.39 is 0 Å². The minimum atomic E-state index is -0.366. The molecule has 2 N–H and O–H groups in total. The van der Waals surface area contributed by atoms with E-state index in [1.165, 1.54) is 11.9 Å². The number of hydrogen-bond acceptors (Lipinski definition) is 4. The molecule has 0 unspecified atom stereocenters. The third kappa shape index (κ3) is 6.34. The molecule has 160 valence electrons.